The van der Waals surface area contributed by atoms with E-state index in [0.29, 0.717) is 24.6 Å². The minimum atomic E-state index is -0.205. The van der Waals surface area contributed by atoms with E-state index < -0.39 is 0 Å². The SMILES string of the molecule is CCCCOCCOCC(=O)Nc1ccc(N)cc1Br. The standard InChI is InChI=1S/C14H21BrN2O3/c1-2-3-6-19-7-8-20-10-14(18)17-13-5-4-11(16)9-12(13)15/h4-5,9H,2-3,6-8,10,16H2,1H3,(H,17,18). The molecule has 0 aliphatic rings. The lowest BCUT2D eigenvalue weighted by molar-refractivity contribution is -0.121. The van der Waals surface area contributed by atoms with E-state index in [1.165, 1.54) is 0 Å². The Morgan fingerprint density at radius 1 is 1.30 bits per heavy atom. The Morgan fingerprint density at radius 2 is 2.05 bits per heavy atom. The quantitative estimate of drug-likeness (QED) is 0.533. The number of nitrogens with one attached hydrogen (secondary N) is 1. The maximum absolute atomic E-state index is 11.7. The van der Waals surface area contributed by atoms with Gasteiger partial charge in [0.25, 0.3) is 0 Å². The number of ether oxygens (including phenoxy) is 2. The normalized spacial score (nSPS) is 10.5. The van der Waals surface area contributed by atoms with Crippen LogP contribution in [0, 0.1) is 0 Å². The number of halogens is 1. The van der Waals surface area contributed by atoms with Crippen LogP contribution in [-0.2, 0) is 14.3 Å². The van der Waals surface area contributed by atoms with Gasteiger partial charge in [0.1, 0.15) is 6.61 Å². The highest BCUT2D eigenvalue weighted by molar-refractivity contribution is 9.10. The average Bonchev–Trinajstić information content (AvgIpc) is 2.41. The number of carbonyl (C=O) groups excluding carboxylic acids is 1. The zero-order chi connectivity index (χ0) is 14.8. The van der Waals surface area contributed by atoms with E-state index in [9.17, 15) is 4.79 Å². The van der Waals surface area contributed by atoms with Crippen LogP contribution >= 0.6 is 15.9 Å². The molecule has 5 nitrogen and oxygen atoms in total. The first-order valence-electron chi connectivity index (χ1n) is 6.64. The maximum Gasteiger partial charge on any atom is 0.250 e. The van der Waals surface area contributed by atoms with Crippen molar-refractivity contribution in [1.82, 2.24) is 0 Å². The van der Waals surface area contributed by atoms with Gasteiger partial charge in [0.2, 0.25) is 5.91 Å². The summed E-state index contributed by atoms with van der Waals surface area (Å²) in [4.78, 5) is 11.7. The third kappa shape index (κ3) is 6.88. The predicted octanol–water partition coefficient (Wildman–Crippen LogP) is 2.80. The number of unbranched alkanes of at least 4 members (excludes halogenated alkanes) is 1. The van der Waals surface area contributed by atoms with E-state index in [4.69, 9.17) is 15.2 Å². The highest BCUT2D eigenvalue weighted by Crippen LogP contribution is 2.24. The third-order valence-corrected chi connectivity index (χ3v) is 3.17. The molecule has 0 heterocycles. The molecule has 0 radical (unpaired) electrons. The molecule has 20 heavy (non-hydrogen) atoms. The second kappa shape index (κ2) is 9.74. The number of benzene rings is 1. The molecule has 0 aromatic heterocycles. The molecule has 0 unspecified atom stereocenters. The summed E-state index contributed by atoms with van der Waals surface area (Å²) in [6.07, 6.45) is 2.16. The van der Waals surface area contributed by atoms with Crippen molar-refractivity contribution < 1.29 is 14.3 Å². The van der Waals surface area contributed by atoms with Crippen LogP contribution in [0.2, 0.25) is 0 Å². The van der Waals surface area contributed by atoms with E-state index in [1.54, 1.807) is 18.2 Å². The van der Waals surface area contributed by atoms with Crippen molar-refractivity contribution >= 4 is 33.2 Å². The molecular formula is C14H21BrN2O3. The van der Waals surface area contributed by atoms with Crippen LogP contribution in [0.4, 0.5) is 11.4 Å². The van der Waals surface area contributed by atoms with Crippen LogP contribution in [0.5, 0.6) is 0 Å². The summed E-state index contributed by atoms with van der Waals surface area (Å²) >= 11 is 3.34. The number of nitrogens with two attached hydrogens (primary N) is 1. The van der Waals surface area contributed by atoms with E-state index in [-0.39, 0.29) is 12.5 Å². The second-order valence-electron chi connectivity index (χ2n) is 4.31. The Labute approximate surface area is 127 Å². The summed E-state index contributed by atoms with van der Waals surface area (Å²) in [6.45, 7) is 3.79. The van der Waals surface area contributed by atoms with Gasteiger partial charge in [-0.05, 0) is 40.5 Å². The smallest absolute Gasteiger partial charge is 0.250 e. The molecule has 112 valence electrons. The fourth-order valence-electron chi connectivity index (χ4n) is 1.45. The van der Waals surface area contributed by atoms with Crippen LogP contribution in [0.15, 0.2) is 22.7 Å². The van der Waals surface area contributed by atoms with Gasteiger partial charge in [-0.1, -0.05) is 13.3 Å². The van der Waals surface area contributed by atoms with Crippen molar-refractivity contribution in [3.8, 4) is 0 Å². The van der Waals surface area contributed by atoms with Crippen LogP contribution in [-0.4, -0.2) is 32.3 Å². The molecule has 0 saturated carbocycles. The number of anilines is 2. The van der Waals surface area contributed by atoms with Crippen LogP contribution in [0.1, 0.15) is 19.8 Å². The van der Waals surface area contributed by atoms with Crippen molar-refractivity contribution in [3.63, 3.8) is 0 Å². The summed E-state index contributed by atoms with van der Waals surface area (Å²) < 4.78 is 11.3. The monoisotopic (exact) mass is 344 g/mol. The van der Waals surface area contributed by atoms with Gasteiger partial charge in [-0.25, -0.2) is 0 Å². The second-order valence-corrected chi connectivity index (χ2v) is 5.16. The maximum atomic E-state index is 11.7. The zero-order valence-corrected chi connectivity index (χ0v) is 13.2. The Bertz CT molecular complexity index is 427. The summed E-state index contributed by atoms with van der Waals surface area (Å²) in [5, 5.41) is 2.74. The molecular weight excluding hydrogens is 324 g/mol. The summed E-state index contributed by atoms with van der Waals surface area (Å²) in [7, 11) is 0. The van der Waals surface area contributed by atoms with Crippen molar-refractivity contribution in [2.75, 3.05) is 37.5 Å². The van der Waals surface area contributed by atoms with Crippen molar-refractivity contribution in [2.45, 2.75) is 19.8 Å². The third-order valence-electron chi connectivity index (χ3n) is 2.51. The van der Waals surface area contributed by atoms with Crippen molar-refractivity contribution in [1.29, 1.82) is 0 Å². The molecule has 0 aliphatic heterocycles. The molecule has 1 aromatic carbocycles. The first-order valence-corrected chi connectivity index (χ1v) is 7.43. The van der Waals surface area contributed by atoms with E-state index in [2.05, 4.69) is 28.2 Å². The Balaban J connectivity index is 2.17. The Kier molecular flexibility index (Phi) is 8.25. The first-order chi connectivity index (χ1) is 9.63. The number of carbonyl (C=O) groups is 1. The molecule has 0 aliphatic carbocycles. The molecule has 1 aromatic rings. The molecule has 0 fully saturated rings. The molecule has 0 spiro atoms. The average molecular weight is 345 g/mol. The minimum absolute atomic E-state index is 0.00789. The lowest BCUT2D eigenvalue weighted by atomic mass is 10.3. The number of hydrogen-bond donors (Lipinski definition) is 2. The first kappa shape index (κ1) is 16.9. The summed E-state index contributed by atoms with van der Waals surface area (Å²) in [5.41, 5.74) is 6.93. The van der Waals surface area contributed by atoms with Crippen molar-refractivity contribution in [2.24, 2.45) is 0 Å². The van der Waals surface area contributed by atoms with Gasteiger partial charge < -0.3 is 20.5 Å². The topological polar surface area (TPSA) is 73.6 Å². The highest BCUT2D eigenvalue weighted by atomic mass is 79.9. The lowest BCUT2D eigenvalue weighted by Gasteiger charge is -2.09. The number of rotatable bonds is 9. The van der Waals surface area contributed by atoms with Gasteiger partial charge in [0.15, 0.2) is 0 Å². The minimum Gasteiger partial charge on any atom is -0.399 e. The molecule has 1 rings (SSSR count). The summed E-state index contributed by atoms with van der Waals surface area (Å²) in [6, 6.07) is 5.20. The number of hydrogen-bond acceptors (Lipinski definition) is 4. The fraction of sp³-hybridized carbons (Fsp3) is 0.500. The van der Waals surface area contributed by atoms with Gasteiger partial charge in [-0.2, -0.15) is 0 Å². The van der Waals surface area contributed by atoms with Crippen LogP contribution in [0.25, 0.3) is 0 Å². The van der Waals surface area contributed by atoms with Gasteiger partial charge in [0.05, 0.1) is 18.9 Å². The van der Waals surface area contributed by atoms with Crippen LogP contribution in [0.3, 0.4) is 0 Å². The molecule has 3 N–H and O–H groups in total. The molecule has 1 amide bonds. The van der Waals surface area contributed by atoms with E-state index in [0.717, 1.165) is 23.9 Å². The van der Waals surface area contributed by atoms with Gasteiger partial charge in [-0.3, -0.25) is 4.79 Å². The molecule has 0 atom stereocenters. The number of amides is 1. The largest absolute Gasteiger partial charge is 0.399 e. The highest BCUT2D eigenvalue weighted by Gasteiger charge is 2.05. The van der Waals surface area contributed by atoms with Gasteiger partial charge in [0, 0.05) is 16.8 Å². The van der Waals surface area contributed by atoms with E-state index >= 15 is 0 Å². The van der Waals surface area contributed by atoms with Crippen molar-refractivity contribution in [3.05, 3.63) is 22.7 Å². The fourth-order valence-corrected chi connectivity index (χ4v) is 1.95. The Hall–Kier alpha value is -1.11. The predicted molar refractivity (Wildman–Crippen MR) is 83.7 cm³/mol. The van der Waals surface area contributed by atoms with Crippen LogP contribution < -0.4 is 11.1 Å². The number of nitrogen functional groups attached to an aromatic ring is 1. The Morgan fingerprint density at radius 3 is 2.75 bits per heavy atom. The van der Waals surface area contributed by atoms with Gasteiger partial charge >= 0.3 is 0 Å². The van der Waals surface area contributed by atoms with E-state index in [1.807, 2.05) is 0 Å². The van der Waals surface area contributed by atoms with Gasteiger partial charge in [-0.15, -0.1) is 0 Å². The lowest BCUT2D eigenvalue weighted by Crippen LogP contribution is -2.20. The molecule has 0 saturated heterocycles. The summed E-state index contributed by atoms with van der Waals surface area (Å²) in [5.74, 6) is -0.205. The molecule has 0 bridgehead atoms. The molecule has 6 heteroatoms. The zero-order valence-electron chi connectivity index (χ0n) is 11.7.